The summed E-state index contributed by atoms with van der Waals surface area (Å²) in [4.78, 5) is 16.6. The second kappa shape index (κ2) is 9.62. The lowest BCUT2D eigenvalue weighted by atomic mass is 9.98. The summed E-state index contributed by atoms with van der Waals surface area (Å²) < 4.78 is 13.1. The number of nitrogens with zero attached hydrogens (tertiary/aromatic N) is 1. The predicted octanol–water partition coefficient (Wildman–Crippen LogP) is 4.05. The summed E-state index contributed by atoms with van der Waals surface area (Å²) in [5, 5.41) is 3.07. The van der Waals surface area contributed by atoms with Crippen LogP contribution in [-0.4, -0.2) is 37.6 Å². The number of rotatable bonds is 8. The summed E-state index contributed by atoms with van der Waals surface area (Å²) in [6.07, 6.45) is 5.75. The molecule has 1 heterocycles. The number of anilines is 1. The van der Waals surface area contributed by atoms with Gasteiger partial charge in [0.1, 0.15) is 0 Å². The molecular weight excluding hydrogens is 362 g/mol. The second-order valence-electron chi connectivity index (χ2n) is 6.32. The molecule has 0 saturated carbocycles. The monoisotopic (exact) mass is 387 g/mol. The van der Waals surface area contributed by atoms with Gasteiger partial charge in [0, 0.05) is 37.3 Å². The molecule has 0 saturated heterocycles. The van der Waals surface area contributed by atoms with Gasteiger partial charge in [-0.05, 0) is 60.4 Å². The summed E-state index contributed by atoms with van der Waals surface area (Å²) in [5.41, 5.74) is 5.37. The Labute approximate surface area is 164 Å². The van der Waals surface area contributed by atoms with E-state index in [2.05, 4.69) is 27.2 Å². The van der Waals surface area contributed by atoms with E-state index >= 15 is 0 Å². The number of ether oxygens (including phenoxy) is 2. The number of aromatic nitrogens is 1. The Bertz CT molecular complexity index is 798. The maximum absolute atomic E-state index is 12.4. The standard InChI is InChI=1S/C20H25N3O3S/c1-25-11-4-12-27-23-20(24)22-19-16-6-3-5-14(16)7-8-17(19)15-9-10-21-18(13-15)26-2/h7-10,13H,3-6,11-12H2,1-2H3,(H2,22,23,24). The molecule has 6 nitrogen and oxygen atoms in total. The third-order valence-corrected chi connectivity index (χ3v) is 5.36. The summed E-state index contributed by atoms with van der Waals surface area (Å²) >= 11 is 1.39. The van der Waals surface area contributed by atoms with Crippen LogP contribution in [0.3, 0.4) is 0 Å². The first kappa shape index (κ1) is 19.5. The number of nitrogens with one attached hydrogen (secondary N) is 2. The van der Waals surface area contributed by atoms with E-state index in [0.29, 0.717) is 12.5 Å². The molecule has 0 spiro atoms. The van der Waals surface area contributed by atoms with E-state index in [0.717, 1.165) is 48.3 Å². The first-order valence-electron chi connectivity index (χ1n) is 9.06. The zero-order valence-corrected chi connectivity index (χ0v) is 16.5. The van der Waals surface area contributed by atoms with Gasteiger partial charge in [-0.25, -0.2) is 9.78 Å². The lowest BCUT2D eigenvalue weighted by Crippen LogP contribution is -2.24. The molecule has 7 heteroatoms. The highest BCUT2D eigenvalue weighted by molar-refractivity contribution is 7.97. The minimum atomic E-state index is -0.208. The van der Waals surface area contributed by atoms with Crippen LogP contribution in [0.4, 0.5) is 10.5 Å². The van der Waals surface area contributed by atoms with Gasteiger partial charge in [0.2, 0.25) is 5.88 Å². The van der Waals surface area contributed by atoms with E-state index in [1.54, 1.807) is 20.4 Å². The summed E-state index contributed by atoms with van der Waals surface area (Å²) in [7, 11) is 3.28. The number of benzene rings is 1. The fraction of sp³-hybridized carbons (Fsp3) is 0.400. The summed E-state index contributed by atoms with van der Waals surface area (Å²) in [6.45, 7) is 0.691. The lowest BCUT2D eigenvalue weighted by Gasteiger charge is -2.17. The van der Waals surface area contributed by atoms with Gasteiger partial charge in [-0.15, -0.1) is 0 Å². The van der Waals surface area contributed by atoms with E-state index in [4.69, 9.17) is 9.47 Å². The Morgan fingerprint density at radius 1 is 1.26 bits per heavy atom. The number of urea groups is 1. The zero-order valence-electron chi connectivity index (χ0n) is 15.7. The maximum atomic E-state index is 12.4. The molecule has 2 aromatic rings. The first-order valence-corrected chi connectivity index (χ1v) is 10.0. The Morgan fingerprint density at radius 2 is 2.15 bits per heavy atom. The number of hydrogen-bond donors (Lipinski definition) is 2. The molecule has 1 aliphatic carbocycles. The molecule has 0 aliphatic heterocycles. The molecule has 0 unspecified atom stereocenters. The van der Waals surface area contributed by atoms with E-state index in [9.17, 15) is 4.79 Å². The fourth-order valence-corrected chi connectivity index (χ4v) is 3.82. The second-order valence-corrected chi connectivity index (χ2v) is 7.22. The van der Waals surface area contributed by atoms with Crippen molar-refractivity contribution in [3.63, 3.8) is 0 Å². The van der Waals surface area contributed by atoms with E-state index in [1.807, 2.05) is 12.1 Å². The Kier molecular flexibility index (Phi) is 6.95. The van der Waals surface area contributed by atoms with Gasteiger partial charge in [0.05, 0.1) is 12.8 Å². The highest BCUT2D eigenvalue weighted by Gasteiger charge is 2.20. The maximum Gasteiger partial charge on any atom is 0.329 e. The Morgan fingerprint density at radius 3 is 2.96 bits per heavy atom. The lowest BCUT2D eigenvalue weighted by molar-refractivity contribution is 0.200. The SMILES string of the molecule is COCCCSNC(=O)Nc1c(-c2ccnc(OC)c2)ccc2c1CCC2. The van der Waals surface area contributed by atoms with Crippen molar-refractivity contribution < 1.29 is 14.3 Å². The molecule has 1 aromatic carbocycles. The third-order valence-electron chi connectivity index (χ3n) is 4.54. The molecule has 0 fully saturated rings. The van der Waals surface area contributed by atoms with Crippen LogP contribution in [0.25, 0.3) is 11.1 Å². The van der Waals surface area contributed by atoms with Gasteiger partial charge >= 0.3 is 6.03 Å². The van der Waals surface area contributed by atoms with Crippen LogP contribution in [0.2, 0.25) is 0 Å². The number of methoxy groups -OCH3 is 2. The molecule has 144 valence electrons. The molecule has 2 amide bonds. The van der Waals surface area contributed by atoms with Crippen molar-refractivity contribution in [1.82, 2.24) is 9.71 Å². The average Bonchev–Trinajstić information content (AvgIpc) is 3.17. The van der Waals surface area contributed by atoms with E-state index in [1.165, 1.54) is 23.1 Å². The number of pyridine rings is 1. The highest BCUT2D eigenvalue weighted by atomic mass is 32.2. The molecule has 3 rings (SSSR count). The topological polar surface area (TPSA) is 72.5 Å². The number of carbonyl (C=O) groups is 1. The van der Waals surface area contributed by atoms with Gasteiger partial charge < -0.3 is 14.8 Å². The van der Waals surface area contributed by atoms with Crippen molar-refractivity contribution in [3.8, 4) is 17.0 Å². The van der Waals surface area contributed by atoms with Crippen LogP contribution in [0.15, 0.2) is 30.5 Å². The molecule has 1 aromatic heterocycles. The van der Waals surface area contributed by atoms with Crippen molar-refractivity contribution in [2.24, 2.45) is 0 Å². The number of aryl methyl sites for hydroxylation is 1. The Balaban J connectivity index is 1.80. The van der Waals surface area contributed by atoms with Crippen molar-refractivity contribution in [3.05, 3.63) is 41.6 Å². The number of amides is 2. The molecule has 2 N–H and O–H groups in total. The van der Waals surface area contributed by atoms with Gasteiger partial charge in [0.15, 0.2) is 0 Å². The molecule has 0 radical (unpaired) electrons. The molecular formula is C20H25N3O3S. The number of hydrogen-bond acceptors (Lipinski definition) is 5. The summed E-state index contributed by atoms with van der Waals surface area (Å²) in [6, 6.07) is 7.84. The van der Waals surface area contributed by atoms with Gasteiger partial charge in [-0.3, -0.25) is 4.72 Å². The van der Waals surface area contributed by atoms with Crippen LogP contribution in [0.5, 0.6) is 5.88 Å². The summed E-state index contributed by atoms with van der Waals surface area (Å²) in [5.74, 6) is 1.36. The van der Waals surface area contributed by atoms with Crippen molar-refractivity contribution in [1.29, 1.82) is 0 Å². The van der Waals surface area contributed by atoms with Gasteiger partial charge in [-0.2, -0.15) is 0 Å². The fourth-order valence-electron chi connectivity index (χ4n) is 3.27. The minimum Gasteiger partial charge on any atom is -0.481 e. The molecule has 27 heavy (non-hydrogen) atoms. The van der Waals surface area contributed by atoms with Crippen LogP contribution in [-0.2, 0) is 17.6 Å². The van der Waals surface area contributed by atoms with Crippen LogP contribution < -0.4 is 14.8 Å². The largest absolute Gasteiger partial charge is 0.481 e. The third kappa shape index (κ3) is 4.93. The van der Waals surface area contributed by atoms with Crippen LogP contribution in [0, 0.1) is 0 Å². The highest BCUT2D eigenvalue weighted by Crippen LogP contribution is 2.38. The number of carbonyl (C=O) groups excluding carboxylic acids is 1. The van der Waals surface area contributed by atoms with Crippen molar-refractivity contribution >= 4 is 23.7 Å². The minimum absolute atomic E-state index is 0.208. The first-order chi connectivity index (χ1) is 13.2. The van der Waals surface area contributed by atoms with Crippen LogP contribution >= 0.6 is 11.9 Å². The van der Waals surface area contributed by atoms with Gasteiger partial charge in [0.25, 0.3) is 0 Å². The molecule has 0 atom stereocenters. The van der Waals surface area contributed by atoms with E-state index in [-0.39, 0.29) is 6.03 Å². The number of fused-ring (bicyclic) bond motifs is 1. The van der Waals surface area contributed by atoms with Crippen molar-refractivity contribution in [2.45, 2.75) is 25.7 Å². The van der Waals surface area contributed by atoms with Crippen molar-refractivity contribution in [2.75, 3.05) is 31.9 Å². The van der Waals surface area contributed by atoms with E-state index < -0.39 is 0 Å². The molecule has 0 bridgehead atoms. The smallest absolute Gasteiger partial charge is 0.329 e. The van der Waals surface area contributed by atoms with Gasteiger partial charge in [-0.1, -0.05) is 12.1 Å². The average molecular weight is 388 g/mol. The zero-order chi connectivity index (χ0) is 19.1. The predicted molar refractivity (Wildman–Crippen MR) is 109 cm³/mol. The normalized spacial score (nSPS) is 12.5. The van der Waals surface area contributed by atoms with Crippen LogP contribution in [0.1, 0.15) is 24.0 Å². The molecule has 1 aliphatic rings. The Hall–Kier alpha value is -2.25. The quantitative estimate of drug-likeness (QED) is 0.528.